The molecule has 0 radical (unpaired) electrons. The van der Waals surface area contributed by atoms with Crippen molar-refractivity contribution < 1.29 is 22.3 Å². The first kappa shape index (κ1) is 24.1. The van der Waals surface area contributed by atoms with E-state index in [9.17, 15) is 17.6 Å². The van der Waals surface area contributed by atoms with Crippen molar-refractivity contribution in [3.8, 4) is 0 Å². The lowest BCUT2D eigenvalue weighted by Gasteiger charge is -2.35. The van der Waals surface area contributed by atoms with Crippen molar-refractivity contribution in [2.75, 3.05) is 24.8 Å². The molecule has 2 N–H and O–H groups in total. The maximum Gasteiger partial charge on any atom is 0.288 e. The number of carbonyl (C=O) groups excluding carboxylic acids is 1. The molecule has 1 aliphatic rings. The van der Waals surface area contributed by atoms with Crippen molar-refractivity contribution in [2.45, 2.75) is 19.0 Å². The molecular weight excluding hydrogens is 485 g/mol. The third-order valence-corrected chi connectivity index (χ3v) is 6.42. The van der Waals surface area contributed by atoms with Gasteiger partial charge >= 0.3 is 0 Å². The summed E-state index contributed by atoms with van der Waals surface area (Å²) in [6.07, 6.45) is 7.05. The van der Waals surface area contributed by atoms with Crippen molar-refractivity contribution in [1.82, 2.24) is 19.7 Å². The fourth-order valence-electron chi connectivity index (χ4n) is 3.59. The van der Waals surface area contributed by atoms with Crippen LogP contribution in [0.4, 0.5) is 10.1 Å². The number of hydrogen-bond acceptors (Lipinski definition) is 7. The van der Waals surface area contributed by atoms with Gasteiger partial charge in [-0.1, -0.05) is 29.8 Å². The number of rotatable bonds is 8. The van der Waals surface area contributed by atoms with Crippen molar-refractivity contribution in [2.24, 2.45) is 5.92 Å². The number of benzene rings is 1. The maximum absolute atomic E-state index is 14.1. The Kier molecular flexibility index (Phi) is 6.87. The van der Waals surface area contributed by atoms with Crippen LogP contribution in [0.15, 0.2) is 48.3 Å². The van der Waals surface area contributed by atoms with E-state index in [4.69, 9.17) is 16.3 Å². The molecule has 4 rings (SSSR count). The summed E-state index contributed by atoms with van der Waals surface area (Å²) in [7, 11) is -3.31. The molecule has 0 unspecified atom stereocenters. The highest BCUT2D eigenvalue weighted by Gasteiger charge is 2.32. The summed E-state index contributed by atoms with van der Waals surface area (Å²) in [5.41, 5.74) is 1.56. The van der Waals surface area contributed by atoms with Crippen molar-refractivity contribution in [3.63, 3.8) is 0 Å². The van der Waals surface area contributed by atoms with Gasteiger partial charge in [-0.2, -0.15) is 0 Å². The van der Waals surface area contributed by atoms with Gasteiger partial charge in [0.1, 0.15) is 5.82 Å². The van der Waals surface area contributed by atoms with E-state index in [1.165, 1.54) is 28.9 Å². The van der Waals surface area contributed by atoms with Crippen molar-refractivity contribution in [1.29, 1.82) is 0 Å². The van der Waals surface area contributed by atoms with Gasteiger partial charge < -0.3 is 15.4 Å². The second kappa shape index (κ2) is 9.69. The molecule has 0 spiro atoms. The Hall–Kier alpha value is -3.02. The van der Waals surface area contributed by atoms with Crippen LogP contribution in [0.1, 0.15) is 29.1 Å². The van der Waals surface area contributed by atoms with Gasteiger partial charge in [0, 0.05) is 36.0 Å². The number of sulfone groups is 1. The maximum atomic E-state index is 14.1. The summed E-state index contributed by atoms with van der Waals surface area (Å²) < 4.78 is 43.6. The SMILES string of the molecule is C[C@H](/C=C/S(C)(=O)=O)NC(=O)c1ncc(N[C@@H](c2cccc(F)c2Cl)C2COC2)c2nccn12. The number of amides is 1. The fraction of sp³-hybridized carbons (Fsp3) is 0.318. The minimum absolute atomic E-state index is 0.0337. The predicted molar refractivity (Wildman–Crippen MR) is 126 cm³/mol. The van der Waals surface area contributed by atoms with E-state index in [0.29, 0.717) is 30.1 Å². The van der Waals surface area contributed by atoms with Gasteiger partial charge in [-0.05, 0) is 18.6 Å². The standard InChI is InChI=1S/C22H23ClFN5O4S/c1-13(6-9-34(2,31)32)27-22(30)21-26-10-17(20-25-7-8-29(20)21)28-19(14-11-33-12-14)15-4-3-5-16(24)18(15)23/h3-10,13-14,19,28H,11-12H2,1-2H3,(H,27,30)/b9-6+/t13-,19-/m1/s1. The van der Waals surface area contributed by atoms with Gasteiger partial charge in [-0.15, -0.1) is 0 Å². The molecule has 9 nitrogen and oxygen atoms in total. The van der Waals surface area contributed by atoms with Crippen molar-refractivity contribution >= 4 is 38.7 Å². The molecule has 2 aromatic heterocycles. The Bertz CT molecular complexity index is 1360. The highest BCUT2D eigenvalue weighted by molar-refractivity contribution is 7.93. The minimum Gasteiger partial charge on any atom is -0.381 e. The molecule has 180 valence electrons. The van der Waals surface area contributed by atoms with Gasteiger partial charge in [-0.25, -0.2) is 22.8 Å². The normalized spacial score (nSPS) is 16.4. The third-order valence-electron chi connectivity index (χ3n) is 5.36. The number of ether oxygens (including phenoxy) is 1. The van der Waals surface area contributed by atoms with Gasteiger partial charge in [0.15, 0.2) is 15.5 Å². The van der Waals surface area contributed by atoms with Crippen LogP contribution in [0.2, 0.25) is 5.02 Å². The molecule has 3 aromatic rings. The van der Waals surface area contributed by atoms with Gasteiger partial charge in [-0.3, -0.25) is 9.20 Å². The molecule has 12 heteroatoms. The number of nitrogens with zero attached hydrogens (tertiary/aromatic N) is 3. The number of anilines is 1. The summed E-state index contributed by atoms with van der Waals surface area (Å²) >= 11 is 6.26. The average Bonchev–Trinajstić information content (AvgIpc) is 3.22. The number of hydrogen-bond donors (Lipinski definition) is 2. The summed E-state index contributed by atoms with van der Waals surface area (Å²) in [6.45, 7) is 2.62. The topological polar surface area (TPSA) is 115 Å². The molecule has 1 fully saturated rings. The average molecular weight is 508 g/mol. The number of aromatic nitrogens is 3. The number of carbonyl (C=O) groups is 1. The van der Waals surface area contributed by atoms with E-state index in [-0.39, 0.29) is 22.8 Å². The highest BCUT2D eigenvalue weighted by Crippen LogP contribution is 2.36. The van der Waals surface area contributed by atoms with Crippen LogP contribution >= 0.6 is 11.6 Å². The molecular formula is C22H23ClFN5O4S. The molecule has 0 aliphatic carbocycles. The lowest BCUT2D eigenvalue weighted by atomic mass is 9.91. The number of halogens is 2. The minimum atomic E-state index is -3.31. The summed E-state index contributed by atoms with van der Waals surface area (Å²) in [5, 5.41) is 7.11. The Morgan fingerprint density at radius 1 is 1.35 bits per heavy atom. The van der Waals surface area contributed by atoms with Crippen LogP contribution in [0.3, 0.4) is 0 Å². The first-order valence-electron chi connectivity index (χ1n) is 10.4. The van der Waals surface area contributed by atoms with Crippen LogP contribution in [0, 0.1) is 11.7 Å². The second-order valence-electron chi connectivity index (χ2n) is 8.10. The van der Waals surface area contributed by atoms with E-state index in [1.807, 2.05) is 0 Å². The van der Waals surface area contributed by atoms with E-state index in [2.05, 4.69) is 20.6 Å². The van der Waals surface area contributed by atoms with E-state index >= 15 is 0 Å². The van der Waals surface area contributed by atoms with Crippen LogP contribution in [0.25, 0.3) is 5.65 Å². The molecule has 0 bridgehead atoms. The zero-order valence-electron chi connectivity index (χ0n) is 18.4. The van der Waals surface area contributed by atoms with E-state index < -0.39 is 27.6 Å². The summed E-state index contributed by atoms with van der Waals surface area (Å²) in [6, 6.07) is 3.75. The second-order valence-corrected chi connectivity index (χ2v) is 10.4. The lowest BCUT2D eigenvalue weighted by molar-refractivity contribution is -0.0410. The monoisotopic (exact) mass is 507 g/mol. The first-order valence-corrected chi connectivity index (χ1v) is 12.8. The Labute approximate surface area is 200 Å². The number of nitrogens with one attached hydrogen (secondary N) is 2. The Morgan fingerprint density at radius 2 is 2.12 bits per heavy atom. The van der Waals surface area contributed by atoms with Crippen molar-refractivity contribution in [3.05, 3.63) is 70.5 Å². The summed E-state index contributed by atoms with van der Waals surface area (Å²) in [5.74, 6) is -0.886. The quantitative estimate of drug-likeness (QED) is 0.481. The number of fused-ring (bicyclic) bond motifs is 1. The summed E-state index contributed by atoms with van der Waals surface area (Å²) in [4.78, 5) is 21.4. The third kappa shape index (κ3) is 5.21. The predicted octanol–water partition coefficient (Wildman–Crippen LogP) is 3.00. The molecule has 3 heterocycles. The van der Waals surface area contributed by atoms with E-state index in [0.717, 1.165) is 11.7 Å². The molecule has 0 saturated carbocycles. The van der Waals surface area contributed by atoms with Crippen LogP contribution in [-0.2, 0) is 14.6 Å². The molecule has 2 atom stereocenters. The zero-order chi connectivity index (χ0) is 24.5. The Morgan fingerprint density at radius 3 is 2.79 bits per heavy atom. The van der Waals surface area contributed by atoms with Gasteiger partial charge in [0.05, 0.1) is 36.2 Å². The van der Waals surface area contributed by atoms with Crippen LogP contribution in [-0.4, -0.2) is 54.2 Å². The lowest BCUT2D eigenvalue weighted by Crippen LogP contribution is -2.37. The molecule has 1 saturated heterocycles. The van der Waals surface area contributed by atoms with Crippen LogP contribution in [0.5, 0.6) is 0 Å². The molecule has 1 aliphatic heterocycles. The first-order chi connectivity index (χ1) is 16.1. The van der Waals surface area contributed by atoms with E-state index in [1.54, 1.807) is 25.3 Å². The smallest absolute Gasteiger partial charge is 0.288 e. The number of imidazole rings is 1. The molecule has 34 heavy (non-hydrogen) atoms. The van der Waals surface area contributed by atoms with Gasteiger partial charge in [0.2, 0.25) is 5.82 Å². The Balaban J connectivity index is 1.62. The fourth-order valence-corrected chi connectivity index (χ4v) is 4.36. The molecule has 1 amide bonds. The highest BCUT2D eigenvalue weighted by atomic mass is 35.5. The molecule has 1 aromatic carbocycles. The van der Waals surface area contributed by atoms with Crippen LogP contribution < -0.4 is 10.6 Å². The van der Waals surface area contributed by atoms with Gasteiger partial charge in [0.25, 0.3) is 5.91 Å². The largest absolute Gasteiger partial charge is 0.381 e. The zero-order valence-corrected chi connectivity index (χ0v) is 20.0.